The fraction of sp³-hybridized carbons (Fsp3) is 0.444. The molecule has 0 bridgehead atoms. The second-order valence-electron chi connectivity index (χ2n) is 9.86. The number of piperazine rings is 1. The zero-order valence-electron chi connectivity index (χ0n) is 20.6. The maximum absolute atomic E-state index is 13.2. The number of benzene rings is 2. The molecule has 1 amide bonds. The van der Waals surface area contributed by atoms with Gasteiger partial charge in [-0.05, 0) is 55.8 Å². The summed E-state index contributed by atoms with van der Waals surface area (Å²) >= 11 is 3.48. The minimum atomic E-state index is 0.0941. The summed E-state index contributed by atoms with van der Waals surface area (Å²) in [4.78, 5) is 24.5. The molecule has 1 aromatic heterocycles. The Bertz CT molecular complexity index is 1250. The van der Waals surface area contributed by atoms with Crippen molar-refractivity contribution in [1.29, 1.82) is 0 Å². The largest absolute Gasteiger partial charge is 0.454 e. The molecule has 0 unspecified atom stereocenters. The standard InChI is InChI=1S/C27H30BrN5O4/c28-22-3-1-2-21(15-22)26-29-25(37-30-26)17-31-8-6-20(7-9-31)27(34)33-12-10-32(11-13-33)16-19-4-5-23-24(14-19)36-18-35-23/h1-5,14-15,20H,6-13,16-18H2. The Hall–Kier alpha value is -2.95. The molecule has 2 saturated heterocycles. The first-order valence-electron chi connectivity index (χ1n) is 12.8. The minimum Gasteiger partial charge on any atom is -0.454 e. The number of hydrogen-bond acceptors (Lipinski definition) is 8. The molecule has 2 aromatic carbocycles. The Labute approximate surface area is 224 Å². The molecule has 6 rings (SSSR count). The first-order valence-corrected chi connectivity index (χ1v) is 13.6. The molecule has 9 nitrogen and oxygen atoms in total. The van der Waals surface area contributed by atoms with Crippen molar-refractivity contribution in [2.45, 2.75) is 25.9 Å². The average molecular weight is 568 g/mol. The van der Waals surface area contributed by atoms with Crippen molar-refractivity contribution < 1.29 is 18.8 Å². The van der Waals surface area contributed by atoms with Gasteiger partial charge < -0.3 is 18.9 Å². The lowest BCUT2D eigenvalue weighted by atomic mass is 9.95. The molecule has 4 heterocycles. The Morgan fingerprint density at radius 3 is 2.51 bits per heavy atom. The van der Waals surface area contributed by atoms with Gasteiger partial charge in [0, 0.05) is 48.7 Å². The maximum Gasteiger partial charge on any atom is 0.241 e. The predicted octanol–water partition coefficient (Wildman–Crippen LogP) is 3.78. The number of amides is 1. The van der Waals surface area contributed by atoms with Gasteiger partial charge in [-0.2, -0.15) is 4.98 Å². The van der Waals surface area contributed by atoms with Gasteiger partial charge in [0.05, 0.1) is 6.54 Å². The van der Waals surface area contributed by atoms with Crippen LogP contribution in [-0.2, 0) is 17.9 Å². The molecule has 0 radical (unpaired) electrons. The van der Waals surface area contributed by atoms with Crippen molar-refractivity contribution in [2.75, 3.05) is 46.1 Å². The quantitative estimate of drug-likeness (QED) is 0.445. The number of rotatable bonds is 6. The number of aromatic nitrogens is 2. The van der Waals surface area contributed by atoms with Gasteiger partial charge >= 0.3 is 0 Å². The number of nitrogens with zero attached hydrogens (tertiary/aromatic N) is 5. The van der Waals surface area contributed by atoms with Crippen molar-refractivity contribution in [1.82, 2.24) is 24.8 Å². The summed E-state index contributed by atoms with van der Waals surface area (Å²) in [5.74, 6) is 3.24. The van der Waals surface area contributed by atoms with Crippen LogP contribution in [0.15, 0.2) is 51.5 Å². The molecule has 194 valence electrons. The first kappa shape index (κ1) is 24.4. The summed E-state index contributed by atoms with van der Waals surface area (Å²) < 4.78 is 17.4. The monoisotopic (exact) mass is 567 g/mol. The third-order valence-electron chi connectivity index (χ3n) is 7.37. The summed E-state index contributed by atoms with van der Waals surface area (Å²) in [6.45, 7) is 6.81. The second kappa shape index (κ2) is 10.8. The maximum atomic E-state index is 13.2. The molecular weight excluding hydrogens is 538 g/mol. The number of ether oxygens (including phenoxy) is 2. The van der Waals surface area contributed by atoms with Crippen LogP contribution in [0.3, 0.4) is 0 Å². The van der Waals surface area contributed by atoms with Crippen LogP contribution in [0, 0.1) is 5.92 Å². The van der Waals surface area contributed by atoms with Gasteiger partial charge in [-0.15, -0.1) is 0 Å². The molecule has 3 aliphatic heterocycles. The molecule has 37 heavy (non-hydrogen) atoms. The molecule has 0 spiro atoms. The molecular formula is C27H30BrN5O4. The van der Waals surface area contributed by atoms with Gasteiger partial charge in [-0.3, -0.25) is 14.6 Å². The SMILES string of the molecule is O=C(C1CCN(Cc2nc(-c3cccc(Br)c3)no2)CC1)N1CCN(Cc2ccc3c(c2)OCO3)CC1. The second-order valence-corrected chi connectivity index (χ2v) is 10.8. The Morgan fingerprint density at radius 2 is 1.70 bits per heavy atom. The molecule has 0 aliphatic carbocycles. The summed E-state index contributed by atoms with van der Waals surface area (Å²) in [5, 5.41) is 4.13. The molecule has 3 aliphatic rings. The topological polar surface area (TPSA) is 84.2 Å². The van der Waals surface area contributed by atoms with Crippen molar-refractivity contribution >= 4 is 21.8 Å². The first-order chi connectivity index (χ1) is 18.1. The lowest BCUT2D eigenvalue weighted by Crippen LogP contribution is -2.51. The number of fused-ring (bicyclic) bond motifs is 1. The van der Waals surface area contributed by atoms with E-state index in [-0.39, 0.29) is 5.92 Å². The molecule has 0 saturated carbocycles. The van der Waals surface area contributed by atoms with E-state index in [2.05, 4.69) is 52.9 Å². The van der Waals surface area contributed by atoms with Gasteiger partial charge in [0.1, 0.15) is 0 Å². The number of carbonyl (C=O) groups excluding carboxylic acids is 1. The van der Waals surface area contributed by atoms with E-state index < -0.39 is 0 Å². The fourth-order valence-corrected chi connectivity index (χ4v) is 5.67. The Morgan fingerprint density at radius 1 is 0.919 bits per heavy atom. The zero-order chi connectivity index (χ0) is 25.2. The lowest BCUT2D eigenvalue weighted by Gasteiger charge is -2.38. The van der Waals surface area contributed by atoms with Crippen LogP contribution in [0.25, 0.3) is 11.4 Å². The van der Waals surface area contributed by atoms with Crippen molar-refractivity contribution in [3.8, 4) is 22.9 Å². The average Bonchev–Trinajstić information content (AvgIpc) is 3.59. The third-order valence-corrected chi connectivity index (χ3v) is 7.87. The third kappa shape index (κ3) is 5.66. The van der Waals surface area contributed by atoms with Crippen molar-refractivity contribution in [2.24, 2.45) is 5.92 Å². The zero-order valence-corrected chi connectivity index (χ0v) is 22.2. The highest BCUT2D eigenvalue weighted by Crippen LogP contribution is 2.33. The highest BCUT2D eigenvalue weighted by Gasteiger charge is 2.31. The molecule has 0 N–H and O–H groups in total. The molecule has 10 heteroatoms. The van der Waals surface area contributed by atoms with Crippen LogP contribution in [0.5, 0.6) is 11.5 Å². The van der Waals surface area contributed by atoms with E-state index in [0.717, 1.165) is 80.2 Å². The van der Waals surface area contributed by atoms with Crippen molar-refractivity contribution in [3.63, 3.8) is 0 Å². The molecule has 2 fully saturated rings. The van der Waals surface area contributed by atoms with E-state index >= 15 is 0 Å². The normalized spacial score (nSPS) is 18.9. The van der Waals surface area contributed by atoms with Crippen LogP contribution in [0.4, 0.5) is 0 Å². The highest BCUT2D eigenvalue weighted by atomic mass is 79.9. The van der Waals surface area contributed by atoms with E-state index in [9.17, 15) is 4.79 Å². The summed E-state index contributed by atoms with van der Waals surface area (Å²) in [7, 11) is 0. The Kier molecular flexibility index (Phi) is 7.12. The van der Waals surface area contributed by atoms with Crippen molar-refractivity contribution in [3.05, 3.63) is 58.4 Å². The van der Waals surface area contributed by atoms with Crippen LogP contribution < -0.4 is 9.47 Å². The molecule has 0 atom stereocenters. The minimum absolute atomic E-state index is 0.0941. The smallest absolute Gasteiger partial charge is 0.241 e. The van der Waals surface area contributed by atoms with E-state index in [1.54, 1.807) is 0 Å². The van der Waals surface area contributed by atoms with Gasteiger partial charge in [0.2, 0.25) is 24.4 Å². The van der Waals surface area contributed by atoms with Crippen LogP contribution in [0.2, 0.25) is 0 Å². The number of likely N-dealkylation sites (tertiary alicyclic amines) is 1. The summed E-state index contributed by atoms with van der Waals surface area (Å²) in [5.41, 5.74) is 2.13. The number of hydrogen-bond donors (Lipinski definition) is 0. The van der Waals surface area contributed by atoms with Gasteiger partial charge in [0.15, 0.2) is 11.5 Å². The summed E-state index contributed by atoms with van der Waals surface area (Å²) in [6, 6.07) is 14.0. The van der Waals surface area contributed by atoms with Gasteiger partial charge in [-0.1, -0.05) is 39.3 Å². The van der Waals surface area contributed by atoms with Gasteiger partial charge in [0.25, 0.3) is 0 Å². The Balaban J connectivity index is 0.950. The van der Waals surface area contributed by atoms with E-state index in [1.807, 2.05) is 30.3 Å². The van der Waals surface area contributed by atoms with Crippen LogP contribution in [0.1, 0.15) is 24.3 Å². The number of halogens is 1. The van der Waals surface area contributed by atoms with E-state index in [1.165, 1.54) is 5.56 Å². The number of piperidine rings is 1. The fourth-order valence-electron chi connectivity index (χ4n) is 5.28. The lowest BCUT2D eigenvalue weighted by molar-refractivity contribution is -0.139. The van der Waals surface area contributed by atoms with E-state index in [0.29, 0.717) is 31.0 Å². The molecule has 3 aromatic rings. The predicted molar refractivity (Wildman–Crippen MR) is 140 cm³/mol. The van der Waals surface area contributed by atoms with E-state index in [4.69, 9.17) is 14.0 Å². The van der Waals surface area contributed by atoms with Crippen LogP contribution in [-0.4, -0.2) is 76.8 Å². The summed E-state index contributed by atoms with van der Waals surface area (Å²) in [6.07, 6.45) is 1.73. The highest BCUT2D eigenvalue weighted by molar-refractivity contribution is 9.10. The van der Waals surface area contributed by atoms with Crippen LogP contribution >= 0.6 is 15.9 Å². The number of carbonyl (C=O) groups is 1. The van der Waals surface area contributed by atoms with Gasteiger partial charge in [-0.25, -0.2) is 0 Å².